The van der Waals surface area contributed by atoms with Crippen molar-refractivity contribution in [3.63, 3.8) is 0 Å². The second-order valence-electron chi connectivity index (χ2n) is 5.16. The van der Waals surface area contributed by atoms with Crippen molar-refractivity contribution >= 4 is 22.5 Å². The van der Waals surface area contributed by atoms with Gasteiger partial charge >= 0.3 is 0 Å². The normalized spacial score (nSPS) is 12.0. The van der Waals surface area contributed by atoms with Crippen molar-refractivity contribution < 1.29 is 4.79 Å². The largest absolute Gasteiger partial charge is 0.373 e. The molecule has 1 atom stereocenters. The molecule has 0 unspecified atom stereocenters. The Balaban J connectivity index is 1.88. The van der Waals surface area contributed by atoms with Crippen LogP contribution in [-0.2, 0) is 11.2 Å². The van der Waals surface area contributed by atoms with Crippen LogP contribution in [0.1, 0.15) is 5.56 Å². The van der Waals surface area contributed by atoms with Gasteiger partial charge in [-0.1, -0.05) is 48.5 Å². The summed E-state index contributed by atoms with van der Waals surface area (Å²) in [5, 5.41) is 4.23. The molecule has 0 saturated heterocycles. The van der Waals surface area contributed by atoms with Crippen molar-refractivity contribution in [2.24, 2.45) is 5.73 Å². The zero-order valence-electron chi connectivity index (χ0n) is 12.1. The highest BCUT2D eigenvalue weighted by Gasteiger charge is 2.16. The summed E-state index contributed by atoms with van der Waals surface area (Å²) in [6.45, 7) is 0. The highest BCUT2D eigenvalue weighted by Crippen LogP contribution is 2.22. The van der Waals surface area contributed by atoms with E-state index in [-0.39, 0.29) is 5.91 Å². The quantitative estimate of drug-likeness (QED) is 0.759. The van der Waals surface area contributed by atoms with Gasteiger partial charge in [0.1, 0.15) is 6.04 Å². The van der Waals surface area contributed by atoms with Gasteiger partial charge in [0, 0.05) is 23.7 Å². The fraction of sp³-hybridized carbons (Fsp3) is 0.111. The Hall–Kier alpha value is -2.88. The van der Waals surface area contributed by atoms with E-state index in [1.54, 1.807) is 6.20 Å². The fourth-order valence-corrected chi connectivity index (χ4v) is 2.48. The predicted octanol–water partition coefficient (Wildman–Crippen LogP) is 2.74. The van der Waals surface area contributed by atoms with E-state index in [4.69, 9.17) is 5.73 Å². The monoisotopic (exact) mass is 291 g/mol. The van der Waals surface area contributed by atoms with E-state index in [2.05, 4.69) is 10.3 Å². The minimum Gasteiger partial charge on any atom is -0.373 e. The number of nitrogens with zero attached hydrogens (tertiary/aromatic N) is 1. The number of fused-ring (bicyclic) bond motifs is 1. The molecule has 3 aromatic rings. The second kappa shape index (κ2) is 6.26. The van der Waals surface area contributed by atoms with Crippen molar-refractivity contribution in [2.75, 3.05) is 5.32 Å². The van der Waals surface area contributed by atoms with E-state index < -0.39 is 6.04 Å². The summed E-state index contributed by atoms with van der Waals surface area (Å²) >= 11 is 0. The third-order valence-electron chi connectivity index (χ3n) is 3.60. The molecule has 1 aromatic heterocycles. The Morgan fingerprint density at radius 2 is 1.77 bits per heavy atom. The molecule has 0 aliphatic rings. The molecule has 110 valence electrons. The van der Waals surface area contributed by atoms with Crippen LogP contribution < -0.4 is 11.1 Å². The van der Waals surface area contributed by atoms with Crippen LogP contribution in [0.5, 0.6) is 0 Å². The molecular weight excluding hydrogens is 274 g/mol. The molecule has 4 nitrogen and oxygen atoms in total. The molecule has 3 rings (SSSR count). The summed E-state index contributed by atoms with van der Waals surface area (Å²) in [5.74, 6) is -0.371. The first-order chi connectivity index (χ1) is 10.7. The molecule has 0 aliphatic carbocycles. The Morgan fingerprint density at radius 3 is 2.55 bits per heavy atom. The van der Waals surface area contributed by atoms with E-state index in [1.165, 1.54) is 0 Å². The first-order valence-corrected chi connectivity index (χ1v) is 7.17. The number of carbonyl (C=O) groups excluding carboxylic acids is 1. The van der Waals surface area contributed by atoms with Gasteiger partial charge in [-0.3, -0.25) is 9.78 Å². The van der Waals surface area contributed by atoms with Gasteiger partial charge in [0.15, 0.2) is 0 Å². The van der Waals surface area contributed by atoms with Crippen LogP contribution in [0.15, 0.2) is 66.9 Å². The lowest BCUT2D eigenvalue weighted by atomic mass is 10.0. The van der Waals surface area contributed by atoms with Crippen LogP contribution in [0.25, 0.3) is 10.9 Å². The average Bonchev–Trinajstić information content (AvgIpc) is 2.55. The van der Waals surface area contributed by atoms with Gasteiger partial charge < -0.3 is 11.1 Å². The zero-order chi connectivity index (χ0) is 15.4. The molecule has 1 heterocycles. The number of benzene rings is 2. The molecule has 0 saturated carbocycles. The first kappa shape index (κ1) is 14.1. The second-order valence-corrected chi connectivity index (χ2v) is 5.16. The van der Waals surface area contributed by atoms with Gasteiger partial charge in [0.05, 0.1) is 5.52 Å². The number of nitrogens with two attached hydrogens (primary N) is 1. The number of pyridine rings is 1. The SMILES string of the molecule is NC(=O)[C@@H](Cc1ccccc1)Nc1ccnc2ccccc12. The third kappa shape index (κ3) is 3.06. The van der Waals surface area contributed by atoms with E-state index in [0.29, 0.717) is 6.42 Å². The summed E-state index contributed by atoms with van der Waals surface area (Å²) in [7, 11) is 0. The Morgan fingerprint density at radius 1 is 1.05 bits per heavy atom. The van der Waals surface area contributed by atoms with E-state index in [9.17, 15) is 4.79 Å². The van der Waals surface area contributed by atoms with Crippen molar-refractivity contribution in [1.29, 1.82) is 0 Å². The van der Waals surface area contributed by atoms with Crippen LogP contribution in [0.3, 0.4) is 0 Å². The van der Waals surface area contributed by atoms with Gasteiger partial charge in [0.25, 0.3) is 0 Å². The van der Waals surface area contributed by atoms with Crippen molar-refractivity contribution in [1.82, 2.24) is 4.98 Å². The van der Waals surface area contributed by atoms with Gasteiger partial charge in [-0.15, -0.1) is 0 Å². The molecule has 2 aromatic carbocycles. The highest BCUT2D eigenvalue weighted by atomic mass is 16.1. The molecule has 1 amide bonds. The van der Waals surface area contributed by atoms with Gasteiger partial charge in [-0.05, 0) is 17.7 Å². The summed E-state index contributed by atoms with van der Waals surface area (Å²) in [4.78, 5) is 16.1. The maximum absolute atomic E-state index is 11.8. The summed E-state index contributed by atoms with van der Waals surface area (Å²) in [6.07, 6.45) is 2.28. The molecular formula is C18H17N3O. The van der Waals surface area contributed by atoms with Crippen LogP contribution in [0, 0.1) is 0 Å². The molecule has 0 aliphatic heterocycles. The molecule has 0 bridgehead atoms. The molecule has 22 heavy (non-hydrogen) atoms. The maximum Gasteiger partial charge on any atom is 0.240 e. The summed E-state index contributed by atoms with van der Waals surface area (Å²) in [6, 6.07) is 19.0. The lowest BCUT2D eigenvalue weighted by Crippen LogP contribution is -2.37. The van der Waals surface area contributed by atoms with Gasteiger partial charge in [0.2, 0.25) is 5.91 Å². The van der Waals surface area contributed by atoms with Crippen LogP contribution in [0.2, 0.25) is 0 Å². The number of carbonyl (C=O) groups is 1. The number of amides is 1. The number of rotatable bonds is 5. The van der Waals surface area contributed by atoms with Crippen molar-refractivity contribution in [2.45, 2.75) is 12.5 Å². The smallest absolute Gasteiger partial charge is 0.240 e. The fourth-order valence-electron chi connectivity index (χ4n) is 2.48. The standard InChI is InChI=1S/C18H17N3O/c19-18(22)17(12-13-6-2-1-3-7-13)21-16-10-11-20-15-9-5-4-8-14(15)16/h1-11,17H,12H2,(H2,19,22)(H,20,21)/t17-/m1/s1. The maximum atomic E-state index is 11.8. The molecule has 3 N–H and O–H groups in total. The minimum absolute atomic E-state index is 0.371. The molecule has 0 spiro atoms. The molecule has 0 radical (unpaired) electrons. The Kier molecular flexibility index (Phi) is 4.01. The van der Waals surface area contributed by atoms with Crippen molar-refractivity contribution in [3.8, 4) is 0 Å². The highest BCUT2D eigenvalue weighted by molar-refractivity contribution is 5.93. The number of aromatic nitrogens is 1. The van der Waals surface area contributed by atoms with Crippen LogP contribution in [0.4, 0.5) is 5.69 Å². The van der Waals surface area contributed by atoms with Gasteiger partial charge in [-0.2, -0.15) is 0 Å². The third-order valence-corrected chi connectivity index (χ3v) is 3.60. The minimum atomic E-state index is -0.465. The number of hydrogen-bond acceptors (Lipinski definition) is 3. The molecule has 0 fully saturated rings. The van der Waals surface area contributed by atoms with Crippen LogP contribution in [-0.4, -0.2) is 16.9 Å². The molecule has 4 heteroatoms. The lowest BCUT2D eigenvalue weighted by molar-refractivity contribution is -0.118. The van der Waals surface area contributed by atoms with Gasteiger partial charge in [-0.25, -0.2) is 0 Å². The van der Waals surface area contributed by atoms with E-state index in [0.717, 1.165) is 22.2 Å². The zero-order valence-corrected chi connectivity index (χ0v) is 12.1. The first-order valence-electron chi connectivity index (χ1n) is 7.17. The average molecular weight is 291 g/mol. The number of para-hydroxylation sites is 1. The van der Waals surface area contributed by atoms with E-state index >= 15 is 0 Å². The summed E-state index contributed by atoms with van der Waals surface area (Å²) in [5.41, 5.74) is 8.38. The topological polar surface area (TPSA) is 68.0 Å². The lowest BCUT2D eigenvalue weighted by Gasteiger charge is -2.18. The number of anilines is 1. The van der Waals surface area contributed by atoms with Crippen molar-refractivity contribution in [3.05, 3.63) is 72.4 Å². The Bertz CT molecular complexity index is 781. The Labute approximate surface area is 129 Å². The number of hydrogen-bond donors (Lipinski definition) is 2. The number of nitrogens with one attached hydrogen (secondary N) is 1. The van der Waals surface area contributed by atoms with Crippen LogP contribution >= 0.6 is 0 Å². The van der Waals surface area contributed by atoms with E-state index in [1.807, 2.05) is 60.7 Å². The predicted molar refractivity (Wildman–Crippen MR) is 88.5 cm³/mol. The summed E-state index contributed by atoms with van der Waals surface area (Å²) < 4.78 is 0. The number of primary amides is 1.